The second-order valence-corrected chi connectivity index (χ2v) is 5.32. The number of nitrogens with two attached hydrogens (primary N) is 1. The zero-order valence-corrected chi connectivity index (χ0v) is 8.51. The van der Waals surface area contributed by atoms with Crippen molar-refractivity contribution >= 4 is 0 Å². The van der Waals surface area contributed by atoms with E-state index in [2.05, 4.69) is 20.8 Å². The van der Waals surface area contributed by atoms with Gasteiger partial charge < -0.3 is 5.73 Å². The van der Waals surface area contributed by atoms with Crippen molar-refractivity contribution in [3.63, 3.8) is 0 Å². The summed E-state index contributed by atoms with van der Waals surface area (Å²) in [5.41, 5.74) is 6.75. The van der Waals surface area contributed by atoms with Crippen molar-refractivity contribution in [1.82, 2.24) is 0 Å². The molecule has 70 valence electrons. The van der Waals surface area contributed by atoms with Crippen LogP contribution < -0.4 is 5.73 Å². The third-order valence-electron chi connectivity index (χ3n) is 4.82. The van der Waals surface area contributed by atoms with Gasteiger partial charge in [-0.1, -0.05) is 20.8 Å². The van der Waals surface area contributed by atoms with E-state index in [0.29, 0.717) is 11.5 Å². The smallest absolute Gasteiger partial charge is 0.0127 e. The van der Waals surface area contributed by atoms with Crippen LogP contribution in [0.4, 0.5) is 0 Å². The summed E-state index contributed by atoms with van der Waals surface area (Å²) in [6.07, 6.45) is 4.25. The van der Waals surface area contributed by atoms with E-state index in [-0.39, 0.29) is 0 Å². The lowest BCUT2D eigenvalue weighted by molar-refractivity contribution is 0.0930. The highest BCUT2D eigenvalue weighted by Crippen LogP contribution is 2.58. The maximum Gasteiger partial charge on any atom is 0.0127 e. The van der Waals surface area contributed by atoms with E-state index in [1.165, 1.54) is 19.3 Å². The van der Waals surface area contributed by atoms with Crippen LogP contribution in [0.1, 0.15) is 40.0 Å². The first-order chi connectivity index (χ1) is 5.56. The van der Waals surface area contributed by atoms with Crippen molar-refractivity contribution in [1.29, 1.82) is 0 Å². The Kier molecular flexibility index (Phi) is 1.76. The lowest BCUT2D eigenvalue weighted by Gasteiger charge is -2.42. The van der Waals surface area contributed by atoms with Gasteiger partial charge in [-0.25, -0.2) is 0 Å². The van der Waals surface area contributed by atoms with Crippen molar-refractivity contribution < 1.29 is 0 Å². The fourth-order valence-corrected chi connectivity index (χ4v) is 3.54. The van der Waals surface area contributed by atoms with Crippen molar-refractivity contribution in [3.05, 3.63) is 0 Å². The number of hydrogen-bond donors (Lipinski definition) is 1. The molecular formula is C11H21N. The predicted octanol–water partition coefficient (Wildman–Crippen LogP) is 2.41. The SMILES string of the molecule is CC(C)C1(C)C2CCC(C2)C1N. The summed E-state index contributed by atoms with van der Waals surface area (Å²) in [5, 5.41) is 0. The molecule has 2 N–H and O–H groups in total. The van der Waals surface area contributed by atoms with Crippen LogP contribution in [0.15, 0.2) is 0 Å². The number of rotatable bonds is 1. The summed E-state index contributed by atoms with van der Waals surface area (Å²) < 4.78 is 0. The van der Waals surface area contributed by atoms with Crippen LogP contribution in [-0.2, 0) is 0 Å². The second kappa shape index (κ2) is 2.47. The van der Waals surface area contributed by atoms with E-state index in [0.717, 1.165) is 17.8 Å². The van der Waals surface area contributed by atoms with Gasteiger partial charge in [0.15, 0.2) is 0 Å². The summed E-state index contributed by atoms with van der Waals surface area (Å²) >= 11 is 0. The van der Waals surface area contributed by atoms with Crippen molar-refractivity contribution in [2.75, 3.05) is 0 Å². The number of fused-ring (bicyclic) bond motifs is 2. The average molecular weight is 167 g/mol. The molecule has 2 fully saturated rings. The maximum atomic E-state index is 6.30. The molecule has 4 unspecified atom stereocenters. The van der Waals surface area contributed by atoms with Gasteiger partial charge in [-0.15, -0.1) is 0 Å². The van der Waals surface area contributed by atoms with Crippen LogP contribution in [0.5, 0.6) is 0 Å². The lowest BCUT2D eigenvalue weighted by atomic mass is 9.65. The molecule has 0 aliphatic heterocycles. The fourth-order valence-electron chi connectivity index (χ4n) is 3.54. The Morgan fingerprint density at radius 1 is 1.33 bits per heavy atom. The molecule has 0 heterocycles. The van der Waals surface area contributed by atoms with Gasteiger partial charge in [-0.2, -0.15) is 0 Å². The van der Waals surface area contributed by atoms with Gasteiger partial charge >= 0.3 is 0 Å². The average Bonchev–Trinajstić information content (AvgIpc) is 2.55. The topological polar surface area (TPSA) is 26.0 Å². The van der Waals surface area contributed by atoms with Crippen LogP contribution in [0.2, 0.25) is 0 Å². The van der Waals surface area contributed by atoms with Gasteiger partial charge in [0.25, 0.3) is 0 Å². The van der Waals surface area contributed by atoms with Gasteiger partial charge in [0.2, 0.25) is 0 Å². The normalized spacial score (nSPS) is 52.2. The Hall–Kier alpha value is -0.0400. The summed E-state index contributed by atoms with van der Waals surface area (Å²) in [4.78, 5) is 0. The molecule has 12 heavy (non-hydrogen) atoms. The molecule has 0 amide bonds. The first-order valence-corrected chi connectivity index (χ1v) is 5.32. The molecule has 1 heteroatoms. The largest absolute Gasteiger partial charge is 0.327 e. The molecule has 4 atom stereocenters. The lowest BCUT2D eigenvalue weighted by Crippen LogP contribution is -2.47. The minimum Gasteiger partial charge on any atom is -0.327 e. The van der Waals surface area contributed by atoms with Crippen LogP contribution in [0, 0.1) is 23.2 Å². The third kappa shape index (κ3) is 0.834. The Bertz CT molecular complexity index is 183. The highest BCUT2D eigenvalue weighted by atomic mass is 14.8. The van der Waals surface area contributed by atoms with E-state index in [1.807, 2.05) is 0 Å². The van der Waals surface area contributed by atoms with Crippen molar-refractivity contribution in [3.8, 4) is 0 Å². The monoisotopic (exact) mass is 167 g/mol. The first-order valence-electron chi connectivity index (χ1n) is 5.32. The van der Waals surface area contributed by atoms with Crippen LogP contribution in [0.3, 0.4) is 0 Å². The highest BCUT2D eigenvalue weighted by molar-refractivity contribution is 5.07. The zero-order chi connectivity index (χ0) is 8.93. The van der Waals surface area contributed by atoms with Gasteiger partial charge in [-0.3, -0.25) is 0 Å². The summed E-state index contributed by atoms with van der Waals surface area (Å²) in [6.45, 7) is 7.08. The Labute approximate surface area is 75.7 Å². The first kappa shape index (κ1) is 8.55. The minimum absolute atomic E-state index is 0.447. The maximum absolute atomic E-state index is 6.30. The molecular weight excluding hydrogens is 146 g/mol. The van der Waals surface area contributed by atoms with Crippen molar-refractivity contribution in [2.45, 2.75) is 46.1 Å². The molecule has 2 rings (SSSR count). The molecule has 0 aromatic carbocycles. The highest BCUT2D eigenvalue weighted by Gasteiger charge is 2.54. The summed E-state index contributed by atoms with van der Waals surface area (Å²) in [5.74, 6) is 2.53. The van der Waals surface area contributed by atoms with E-state index >= 15 is 0 Å². The Balaban J connectivity index is 2.26. The third-order valence-corrected chi connectivity index (χ3v) is 4.82. The standard InChI is InChI=1S/C11H21N/c1-7(2)11(3)9-5-4-8(6-9)10(11)12/h7-10H,4-6,12H2,1-3H3. The van der Waals surface area contributed by atoms with Gasteiger partial charge in [-0.05, 0) is 42.4 Å². The van der Waals surface area contributed by atoms with Crippen LogP contribution >= 0.6 is 0 Å². The Morgan fingerprint density at radius 2 is 2.00 bits per heavy atom. The molecule has 2 aliphatic rings. The predicted molar refractivity (Wildman–Crippen MR) is 51.8 cm³/mol. The van der Waals surface area contributed by atoms with Crippen LogP contribution in [0.25, 0.3) is 0 Å². The van der Waals surface area contributed by atoms with E-state index in [1.54, 1.807) is 0 Å². The van der Waals surface area contributed by atoms with Gasteiger partial charge in [0.1, 0.15) is 0 Å². The molecule has 2 saturated carbocycles. The summed E-state index contributed by atoms with van der Waals surface area (Å²) in [6, 6.07) is 0.483. The van der Waals surface area contributed by atoms with E-state index in [4.69, 9.17) is 5.73 Å². The molecule has 0 radical (unpaired) electrons. The Morgan fingerprint density at radius 3 is 2.33 bits per heavy atom. The summed E-state index contributed by atoms with van der Waals surface area (Å²) in [7, 11) is 0. The second-order valence-electron chi connectivity index (χ2n) is 5.32. The minimum atomic E-state index is 0.447. The molecule has 0 aromatic heterocycles. The molecule has 2 bridgehead atoms. The zero-order valence-electron chi connectivity index (χ0n) is 8.51. The van der Waals surface area contributed by atoms with E-state index in [9.17, 15) is 0 Å². The molecule has 0 aromatic rings. The molecule has 0 saturated heterocycles. The van der Waals surface area contributed by atoms with Crippen LogP contribution in [-0.4, -0.2) is 6.04 Å². The fraction of sp³-hybridized carbons (Fsp3) is 1.00. The molecule has 0 spiro atoms. The van der Waals surface area contributed by atoms with E-state index < -0.39 is 0 Å². The quantitative estimate of drug-likeness (QED) is 0.637. The molecule has 2 aliphatic carbocycles. The number of hydrogen-bond acceptors (Lipinski definition) is 1. The van der Waals surface area contributed by atoms with Gasteiger partial charge in [0.05, 0.1) is 0 Å². The molecule has 1 nitrogen and oxygen atoms in total. The van der Waals surface area contributed by atoms with Gasteiger partial charge in [0, 0.05) is 6.04 Å². The van der Waals surface area contributed by atoms with Crippen molar-refractivity contribution in [2.24, 2.45) is 28.9 Å².